The Bertz CT molecular complexity index is 240. The van der Waals surface area contributed by atoms with E-state index in [-0.39, 0.29) is 0 Å². The molecule has 0 saturated heterocycles. The lowest BCUT2D eigenvalue weighted by Gasteiger charge is -1.97. The van der Waals surface area contributed by atoms with E-state index >= 15 is 0 Å². The summed E-state index contributed by atoms with van der Waals surface area (Å²) in [4.78, 5) is 9.98. The normalized spacial score (nSPS) is 11.8. The highest BCUT2D eigenvalue weighted by Crippen LogP contribution is 2.07. The van der Waals surface area contributed by atoms with Gasteiger partial charge in [0.1, 0.15) is 6.29 Å². The topological polar surface area (TPSA) is 17.1 Å². The summed E-state index contributed by atoms with van der Waals surface area (Å²) in [5.74, 6) is 0. The van der Waals surface area contributed by atoms with E-state index in [1.54, 1.807) is 6.08 Å². The molecule has 0 saturated carbocycles. The number of carbonyl (C=O) groups excluding carboxylic acids is 1. The van der Waals surface area contributed by atoms with Crippen molar-refractivity contribution in [2.24, 2.45) is 0 Å². The molecule has 0 aromatic rings. The van der Waals surface area contributed by atoms with Crippen LogP contribution in [0, 0.1) is 0 Å². The molecule has 0 fully saturated rings. The number of allylic oxidation sites excluding steroid dienone is 6. The van der Waals surface area contributed by atoms with Crippen molar-refractivity contribution in [2.45, 2.75) is 40.0 Å². The fourth-order valence-electron chi connectivity index (χ4n) is 1.09. The van der Waals surface area contributed by atoms with E-state index in [1.807, 2.05) is 6.08 Å². The van der Waals surface area contributed by atoms with Crippen LogP contribution in [0.4, 0.5) is 0 Å². The van der Waals surface area contributed by atoms with E-state index in [0.29, 0.717) is 0 Å². The summed E-state index contributed by atoms with van der Waals surface area (Å²) in [5, 5.41) is 0. The van der Waals surface area contributed by atoms with E-state index in [4.69, 9.17) is 0 Å². The third kappa shape index (κ3) is 8.98. The first kappa shape index (κ1) is 12.9. The smallest absolute Gasteiger partial charge is 0.142 e. The molecule has 0 amide bonds. The summed E-state index contributed by atoms with van der Waals surface area (Å²) < 4.78 is 0. The van der Waals surface area contributed by atoms with Gasteiger partial charge in [0.2, 0.25) is 0 Å². The number of hydrogen-bond acceptors (Lipinski definition) is 1. The predicted molar refractivity (Wildman–Crippen MR) is 62.2 cm³/mol. The molecule has 0 heterocycles. The monoisotopic (exact) mass is 192 g/mol. The minimum atomic E-state index is 0.812. The number of carbonyl (C=O) groups is 1. The van der Waals surface area contributed by atoms with Gasteiger partial charge in [-0.15, -0.1) is 0 Å². The second-order valence-corrected chi connectivity index (χ2v) is 3.67. The van der Waals surface area contributed by atoms with Crippen LogP contribution in [0.15, 0.2) is 35.5 Å². The van der Waals surface area contributed by atoms with Gasteiger partial charge in [0.05, 0.1) is 0 Å². The largest absolute Gasteiger partial charge is 0.299 e. The summed E-state index contributed by atoms with van der Waals surface area (Å²) in [7, 11) is 0. The average molecular weight is 192 g/mol. The molecule has 0 rings (SSSR count). The van der Waals surface area contributed by atoms with Gasteiger partial charge >= 0.3 is 0 Å². The minimum Gasteiger partial charge on any atom is -0.299 e. The quantitative estimate of drug-likeness (QED) is 0.355. The molecule has 0 spiro atoms. The zero-order valence-electron chi connectivity index (χ0n) is 9.42. The Balaban J connectivity index is 3.72. The van der Waals surface area contributed by atoms with Crippen molar-refractivity contribution in [1.29, 1.82) is 0 Å². The number of aldehydes is 1. The Labute approximate surface area is 87.2 Å². The molecule has 0 unspecified atom stereocenters. The summed E-state index contributed by atoms with van der Waals surface area (Å²) >= 11 is 0. The molecule has 0 aromatic heterocycles. The standard InChI is InChI=1S/C13H20O/c1-12(2)8-7-10-13(3)9-5-4-6-11-14/h4,6,8-9,11H,5,7,10H2,1-3H3/b6-4+,13-9+. The molecule has 0 aliphatic carbocycles. The fraction of sp³-hybridized carbons (Fsp3) is 0.462. The van der Waals surface area contributed by atoms with Gasteiger partial charge in [-0.2, -0.15) is 0 Å². The molecule has 14 heavy (non-hydrogen) atoms. The van der Waals surface area contributed by atoms with Gasteiger partial charge in [0.15, 0.2) is 0 Å². The Kier molecular flexibility index (Phi) is 7.81. The molecular formula is C13H20O. The van der Waals surface area contributed by atoms with Crippen molar-refractivity contribution < 1.29 is 4.79 Å². The summed E-state index contributed by atoms with van der Waals surface area (Å²) in [5.41, 5.74) is 2.76. The second kappa shape index (κ2) is 8.49. The van der Waals surface area contributed by atoms with Crippen molar-refractivity contribution >= 4 is 6.29 Å². The number of rotatable bonds is 6. The van der Waals surface area contributed by atoms with Crippen LogP contribution < -0.4 is 0 Å². The van der Waals surface area contributed by atoms with E-state index in [0.717, 1.165) is 25.5 Å². The maximum Gasteiger partial charge on any atom is 0.142 e. The third-order valence-corrected chi connectivity index (χ3v) is 1.91. The molecule has 0 bridgehead atoms. The summed E-state index contributed by atoms with van der Waals surface area (Å²) in [6.07, 6.45) is 11.7. The Morgan fingerprint density at radius 2 is 1.86 bits per heavy atom. The van der Waals surface area contributed by atoms with Crippen molar-refractivity contribution in [2.75, 3.05) is 0 Å². The highest BCUT2D eigenvalue weighted by molar-refractivity contribution is 5.64. The van der Waals surface area contributed by atoms with Gasteiger partial charge in [-0.25, -0.2) is 0 Å². The molecule has 0 N–H and O–H groups in total. The zero-order chi connectivity index (χ0) is 10.8. The molecule has 1 nitrogen and oxygen atoms in total. The van der Waals surface area contributed by atoms with Crippen LogP contribution in [0.25, 0.3) is 0 Å². The van der Waals surface area contributed by atoms with Gasteiger partial charge in [-0.1, -0.05) is 29.4 Å². The van der Waals surface area contributed by atoms with E-state index in [2.05, 4.69) is 32.9 Å². The van der Waals surface area contributed by atoms with Crippen LogP contribution in [0.5, 0.6) is 0 Å². The maximum atomic E-state index is 9.98. The lowest BCUT2D eigenvalue weighted by molar-refractivity contribution is -0.104. The lowest BCUT2D eigenvalue weighted by Crippen LogP contribution is -1.77. The average Bonchev–Trinajstić information content (AvgIpc) is 2.12. The molecule has 0 aliphatic rings. The third-order valence-electron chi connectivity index (χ3n) is 1.91. The van der Waals surface area contributed by atoms with E-state index in [9.17, 15) is 4.79 Å². The Morgan fingerprint density at radius 3 is 2.43 bits per heavy atom. The predicted octanol–water partition coefficient (Wildman–Crippen LogP) is 3.82. The van der Waals surface area contributed by atoms with Crippen molar-refractivity contribution in [1.82, 2.24) is 0 Å². The molecule has 0 radical (unpaired) electrons. The van der Waals surface area contributed by atoms with Crippen LogP contribution in [0.2, 0.25) is 0 Å². The molecule has 1 heteroatoms. The van der Waals surface area contributed by atoms with Crippen LogP contribution in [-0.4, -0.2) is 6.29 Å². The van der Waals surface area contributed by atoms with Crippen LogP contribution in [0.3, 0.4) is 0 Å². The van der Waals surface area contributed by atoms with Gasteiger partial charge in [0.25, 0.3) is 0 Å². The highest BCUT2D eigenvalue weighted by Gasteiger charge is 1.87. The van der Waals surface area contributed by atoms with Crippen molar-refractivity contribution in [3.05, 3.63) is 35.5 Å². The molecule has 0 aliphatic heterocycles. The van der Waals surface area contributed by atoms with Gasteiger partial charge in [-0.05, 0) is 46.1 Å². The Hall–Kier alpha value is -1.11. The van der Waals surface area contributed by atoms with Crippen molar-refractivity contribution in [3.63, 3.8) is 0 Å². The summed E-state index contributed by atoms with van der Waals surface area (Å²) in [6.45, 7) is 6.37. The summed E-state index contributed by atoms with van der Waals surface area (Å²) in [6, 6.07) is 0. The molecule has 0 atom stereocenters. The molecule has 78 valence electrons. The van der Waals surface area contributed by atoms with Crippen LogP contribution >= 0.6 is 0 Å². The zero-order valence-corrected chi connectivity index (χ0v) is 9.42. The van der Waals surface area contributed by atoms with Gasteiger partial charge < -0.3 is 0 Å². The minimum absolute atomic E-state index is 0.812. The maximum absolute atomic E-state index is 9.98. The van der Waals surface area contributed by atoms with E-state index < -0.39 is 0 Å². The van der Waals surface area contributed by atoms with Gasteiger partial charge in [-0.3, -0.25) is 4.79 Å². The number of hydrogen-bond donors (Lipinski definition) is 0. The first-order chi connectivity index (χ1) is 6.66. The lowest BCUT2D eigenvalue weighted by atomic mass is 10.1. The van der Waals surface area contributed by atoms with Crippen LogP contribution in [-0.2, 0) is 4.79 Å². The van der Waals surface area contributed by atoms with Crippen LogP contribution in [0.1, 0.15) is 40.0 Å². The molecular weight excluding hydrogens is 172 g/mol. The van der Waals surface area contributed by atoms with Crippen molar-refractivity contribution in [3.8, 4) is 0 Å². The second-order valence-electron chi connectivity index (χ2n) is 3.67. The first-order valence-corrected chi connectivity index (χ1v) is 5.06. The SMILES string of the molecule is CC(C)=CCC/C(C)=C/C/C=C/C=O. The Morgan fingerprint density at radius 1 is 1.14 bits per heavy atom. The first-order valence-electron chi connectivity index (χ1n) is 5.06. The molecule has 0 aromatic carbocycles. The van der Waals surface area contributed by atoms with Gasteiger partial charge in [0, 0.05) is 0 Å². The van der Waals surface area contributed by atoms with E-state index in [1.165, 1.54) is 11.1 Å². The highest BCUT2D eigenvalue weighted by atomic mass is 16.1. The fourth-order valence-corrected chi connectivity index (χ4v) is 1.09.